The van der Waals surface area contributed by atoms with Crippen molar-refractivity contribution in [2.75, 3.05) is 5.75 Å². The second-order valence-electron chi connectivity index (χ2n) is 5.70. The minimum Gasteiger partial charge on any atom is -0.346 e. The Kier molecular flexibility index (Phi) is 5.21. The molecule has 0 radical (unpaired) electrons. The maximum absolute atomic E-state index is 12.1. The second-order valence-corrected chi connectivity index (χ2v) is 7.96. The number of nitrogens with one attached hydrogen (secondary N) is 1. The van der Waals surface area contributed by atoms with Gasteiger partial charge < -0.3 is 14.4 Å². The van der Waals surface area contributed by atoms with Crippen molar-refractivity contribution < 1.29 is 9.32 Å². The van der Waals surface area contributed by atoms with Gasteiger partial charge in [0.05, 0.1) is 28.2 Å². The second kappa shape index (κ2) is 7.93. The Hall–Kier alpha value is -2.65. The molecule has 27 heavy (non-hydrogen) atoms. The fourth-order valence-electron chi connectivity index (χ4n) is 2.59. The Labute approximate surface area is 163 Å². The molecular weight excluding hydrogens is 382 g/mol. The van der Waals surface area contributed by atoms with E-state index in [4.69, 9.17) is 4.52 Å². The molecule has 0 fully saturated rings. The zero-order valence-electron chi connectivity index (χ0n) is 14.6. The summed E-state index contributed by atoms with van der Waals surface area (Å²) in [4.78, 5) is 21.0. The Balaban J connectivity index is 1.30. The van der Waals surface area contributed by atoms with Crippen LogP contribution >= 0.6 is 23.1 Å². The van der Waals surface area contributed by atoms with Gasteiger partial charge in [-0.1, -0.05) is 29.1 Å². The lowest BCUT2D eigenvalue weighted by Gasteiger charge is -2.01. The molecular formula is C18H17N5O2S2. The van der Waals surface area contributed by atoms with Gasteiger partial charge in [-0.25, -0.2) is 4.98 Å². The van der Waals surface area contributed by atoms with Crippen LogP contribution in [0.2, 0.25) is 0 Å². The fraction of sp³-hybridized carbons (Fsp3) is 0.222. The van der Waals surface area contributed by atoms with Crippen LogP contribution in [-0.4, -0.2) is 31.4 Å². The molecule has 0 spiro atoms. The van der Waals surface area contributed by atoms with Crippen molar-refractivity contribution in [3.05, 3.63) is 48.5 Å². The highest BCUT2D eigenvalue weighted by atomic mass is 32.2. The number of nitrogens with zero attached hydrogens (tertiary/aromatic N) is 4. The lowest BCUT2D eigenvalue weighted by Crippen LogP contribution is -2.24. The highest BCUT2D eigenvalue weighted by Crippen LogP contribution is 2.29. The van der Waals surface area contributed by atoms with Crippen LogP contribution in [0.5, 0.6) is 0 Å². The maximum atomic E-state index is 12.1. The number of hydrogen-bond acceptors (Lipinski definition) is 7. The number of hydrogen-bond donors (Lipinski definition) is 1. The lowest BCUT2D eigenvalue weighted by molar-refractivity contribution is -0.118. The summed E-state index contributed by atoms with van der Waals surface area (Å²) in [6, 6.07) is 11.8. The van der Waals surface area contributed by atoms with Crippen LogP contribution in [0, 0.1) is 0 Å². The number of carbonyl (C=O) groups excluding carboxylic acids is 1. The number of benzene rings is 1. The average Bonchev–Trinajstić information content (AvgIpc) is 3.42. The molecule has 0 saturated carbocycles. The fourth-order valence-corrected chi connectivity index (χ4v) is 4.49. The van der Waals surface area contributed by atoms with Crippen molar-refractivity contribution in [1.29, 1.82) is 0 Å². The van der Waals surface area contributed by atoms with Gasteiger partial charge in [0.25, 0.3) is 0 Å². The topological polar surface area (TPSA) is 85.8 Å². The molecule has 138 valence electrons. The molecule has 1 amide bonds. The Morgan fingerprint density at radius 1 is 1.26 bits per heavy atom. The van der Waals surface area contributed by atoms with E-state index in [0.29, 0.717) is 17.5 Å². The molecule has 0 aliphatic heterocycles. The summed E-state index contributed by atoms with van der Waals surface area (Å²) in [6.45, 7) is 3.08. The molecule has 0 saturated heterocycles. The van der Waals surface area contributed by atoms with E-state index in [9.17, 15) is 4.79 Å². The van der Waals surface area contributed by atoms with E-state index in [2.05, 4.69) is 20.4 Å². The zero-order chi connectivity index (χ0) is 18.6. The highest BCUT2D eigenvalue weighted by Gasteiger charge is 2.13. The number of thiazole rings is 1. The summed E-state index contributed by atoms with van der Waals surface area (Å²) in [5.41, 5.74) is 1.85. The molecule has 3 heterocycles. The number of para-hydroxylation sites is 1. The molecule has 9 heteroatoms. The first-order valence-electron chi connectivity index (χ1n) is 8.46. The van der Waals surface area contributed by atoms with Crippen molar-refractivity contribution in [2.24, 2.45) is 0 Å². The molecule has 1 N–H and O–H groups in total. The molecule has 0 aliphatic carbocycles. The summed E-state index contributed by atoms with van der Waals surface area (Å²) in [5.74, 6) is 1.09. The summed E-state index contributed by atoms with van der Waals surface area (Å²) < 4.78 is 9.27. The molecule has 1 aromatic carbocycles. The lowest BCUT2D eigenvalue weighted by atomic mass is 10.3. The minimum atomic E-state index is -0.101. The number of aromatic nitrogens is 4. The van der Waals surface area contributed by atoms with Gasteiger partial charge in [0.15, 0.2) is 4.34 Å². The number of carbonyl (C=O) groups is 1. The largest absolute Gasteiger partial charge is 0.346 e. The number of fused-ring (bicyclic) bond motifs is 1. The minimum absolute atomic E-state index is 0.101. The van der Waals surface area contributed by atoms with Gasteiger partial charge in [0.1, 0.15) is 0 Å². The van der Waals surface area contributed by atoms with Crippen LogP contribution in [0.1, 0.15) is 12.8 Å². The standard InChI is InChI=1S/C18H17N5O2S2/c1-2-23-9-5-7-13(23)17-21-16(25-22-17)10-19-15(24)11-26-18-20-12-6-3-4-8-14(12)27-18/h3-9H,2,10-11H2,1H3,(H,19,24). The van der Waals surface area contributed by atoms with Gasteiger partial charge in [-0.2, -0.15) is 4.98 Å². The quantitative estimate of drug-likeness (QED) is 0.478. The van der Waals surface area contributed by atoms with Crippen LogP contribution in [-0.2, 0) is 17.9 Å². The number of rotatable bonds is 7. The third-order valence-corrected chi connectivity index (χ3v) is 6.08. The van der Waals surface area contributed by atoms with Gasteiger partial charge in [0, 0.05) is 12.7 Å². The number of aryl methyl sites for hydroxylation is 1. The van der Waals surface area contributed by atoms with Crippen LogP contribution in [0.15, 0.2) is 51.5 Å². The number of amides is 1. The van der Waals surface area contributed by atoms with E-state index in [-0.39, 0.29) is 12.5 Å². The summed E-state index contributed by atoms with van der Waals surface area (Å²) >= 11 is 3.01. The third-order valence-electron chi connectivity index (χ3n) is 3.91. The van der Waals surface area contributed by atoms with Crippen molar-refractivity contribution in [3.8, 4) is 11.5 Å². The summed E-state index contributed by atoms with van der Waals surface area (Å²) in [7, 11) is 0. The van der Waals surface area contributed by atoms with Crippen molar-refractivity contribution >= 4 is 39.2 Å². The molecule has 3 aromatic heterocycles. The molecule has 0 atom stereocenters. The van der Waals surface area contributed by atoms with Gasteiger partial charge in [-0.15, -0.1) is 11.3 Å². The molecule has 0 bridgehead atoms. The van der Waals surface area contributed by atoms with Crippen LogP contribution in [0.3, 0.4) is 0 Å². The van der Waals surface area contributed by atoms with E-state index >= 15 is 0 Å². The SMILES string of the molecule is CCn1cccc1-c1noc(CNC(=O)CSc2nc3ccccc3s2)n1. The van der Waals surface area contributed by atoms with Gasteiger partial charge in [-0.3, -0.25) is 4.79 Å². The van der Waals surface area contributed by atoms with E-state index in [1.807, 2.05) is 54.1 Å². The smallest absolute Gasteiger partial charge is 0.246 e. The third kappa shape index (κ3) is 4.04. The Morgan fingerprint density at radius 2 is 2.15 bits per heavy atom. The summed E-state index contributed by atoms with van der Waals surface area (Å²) in [6.07, 6.45) is 1.96. The highest BCUT2D eigenvalue weighted by molar-refractivity contribution is 8.01. The van der Waals surface area contributed by atoms with E-state index in [0.717, 1.165) is 26.8 Å². The molecule has 0 aliphatic rings. The average molecular weight is 400 g/mol. The molecule has 7 nitrogen and oxygen atoms in total. The first-order chi connectivity index (χ1) is 13.2. The van der Waals surface area contributed by atoms with Crippen molar-refractivity contribution in [3.63, 3.8) is 0 Å². The predicted molar refractivity (Wildman–Crippen MR) is 106 cm³/mol. The molecule has 4 aromatic rings. The Morgan fingerprint density at radius 3 is 3.00 bits per heavy atom. The van der Waals surface area contributed by atoms with Crippen LogP contribution < -0.4 is 5.32 Å². The van der Waals surface area contributed by atoms with E-state index in [1.165, 1.54) is 11.8 Å². The zero-order valence-corrected chi connectivity index (χ0v) is 16.2. The first kappa shape index (κ1) is 17.7. The summed E-state index contributed by atoms with van der Waals surface area (Å²) in [5, 5.41) is 6.80. The van der Waals surface area contributed by atoms with Gasteiger partial charge in [-0.05, 0) is 31.2 Å². The monoisotopic (exact) mass is 399 g/mol. The van der Waals surface area contributed by atoms with Crippen molar-refractivity contribution in [1.82, 2.24) is 25.0 Å². The van der Waals surface area contributed by atoms with Crippen LogP contribution in [0.25, 0.3) is 21.7 Å². The normalized spacial score (nSPS) is 11.1. The van der Waals surface area contributed by atoms with Gasteiger partial charge >= 0.3 is 0 Å². The molecule has 0 unspecified atom stereocenters. The van der Waals surface area contributed by atoms with Crippen molar-refractivity contribution in [2.45, 2.75) is 24.4 Å². The maximum Gasteiger partial charge on any atom is 0.246 e. The Bertz CT molecular complexity index is 1040. The van der Waals surface area contributed by atoms with E-state index < -0.39 is 0 Å². The predicted octanol–water partition coefficient (Wildman–Crippen LogP) is 3.58. The van der Waals surface area contributed by atoms with Gasteiger partial charge in [0.2, 0.25) is 17.6 Å². The number of thioether (sulfide) groups is 1. The van der Waals surface area contributed by atoms with E-state index in [1.54, 1.807) is 11.3 Å². The van der Waals surface area contributed by atoms with Crippen LogP contribution in [0.4, 0.5) is 0 Å². The first-order valence-corrected chi connectivity index (χ1v) is 10.3. The molecule has 4 rings (SSSR count).